The van der Waals surface area contributed by atoms with Crippen molar-refractivity contribution in [1.29, 1.82) is 0 Å². The Kier molecular flexibility index (Phi) is 3.24. The molecule has 1 saturated carbocycles. The third kappa shape index (κ3) is 2.13. The molecule has 0 amide bonds. The molecule has 22 heavy (non-hydrogen) atoms. The summed E-state index contributed by atoms with van der Waals surface area (Å²) < 4.78 is 0. The highest BCUT2D eigenvalue weighted by atomic mass is 14.9. The molecule has 3 aromatic rings. The minimum Gasteiger partial charge on any atom is -0.319 e. The zero-order valence-corrected chi connectivity index (χ0v) is 12.9. The van der Waals surface area contributed by atoms with Crippen molar-refractivity contribution >= 4 is 10.8 Å². The van der Waals surface area contributed by atoms with Gasteiger partial charge in [-0.2, -0.15) is 0 Å². The van der Waals surface area contributed by atoms with Gasteiger partial charge in [-0.3, -0.25) is 0 Å². The first kappa shape index (κ1) is 13.5. The minimum absolute atomic E-state index is 0.262. The summed E-state index contributed by atoms with van der Waals surface area (Å²) in [7, 11) is 2.06. The van der Waals surface area contributed by atoms with Crippen LogP contribution in [0.3, 0.4) is 0 Å². The highest BCUT2D eigenvalue weighted by Gasteiger charge is 2.55. The van der Waals surface area contributed by atoms with Gasteiger partial charge in [-0.25, -0.2) is 0 Å². The molecule has 0 saturated heterocycles. The third-order valence-corrected chi connectivity index (χ3v) is 5.09. The van der Waals surface area contributed by atoms with Crippen LogP contribution in [0.15, 0.2) is 72.8 Å². The van der Waals surface area contributed by atoms with Crippen molar-refractivity contribution < 1.29 is 0 Å². The second kappa shape index (κ2) is 5.26. The number of likely N-dealkylation sites (N-methyl/N-ethyl adjacent to an activating group) is 1. The summed E-state index contributed by atoms with van der Waals surface area (Å²) in [5.74, 6) is 0.618. The summed E-state index contributed by atoms with van der Waals surface area (Å²) >= 11 is 0. The lowest BCUT2D eigenvalue weighted by Gasteiger charge is -2.18. The van der Waals surface area contributed by atoms with Crippen LogP contribution in [0.4, 0.5) is 0 Å². The molecule has 2 atom stereocenters. The van der Waals surface area contributed by atoms with Crippen LogP contribution in [0.2, 0.25) is 0 Å². The average molecular weight is 287 g/mol. The van der Waals surface area contributed by atoms with E-state index in [1.807, 2.05) is 0 Å². The summed E-state index contributed by atoms with van der Waals surface area (Å²) in [6.07, 6.45) is 1.23. The lowest BCUT2D eigenvalue weighted by atomic mass is 9.90. The van der Waals surface area contributed by atoms with Gasteiger partial charge in [-0.15, -0.1) is 0 Å². The molecule has 3 aromatic carbocycles. The fraction of sp³-hybridized carbons (Fsp3) is 0.238. The monoisotopic (exact) mass is 287 g/mol. The molecule has 0 heterocycles. The summed E-state index contributed by atoms with van der Waals surface area (Å²) in [6.45, 7) is 1.04. The van der Waals surface area contributed by atoms with Gasteiger partial charge in [0.25, 0.3) is 0 Å². The Labute approximate surface area is 132 Å². The zero-order valence-electron chi connectivity index (χ0n) is 12.9. The van der Waals surface area contributed by atoms with Crippen molar-refractivity contribution in [3.05, 3.63) is 83.9 Å². The van der Waals surface area contributed by atoms with E-state index in [9.17, 15) is 0 Å². The Balaban J connectivity index is 1.73. The molecule has 110 valence electrons. The first-order valence-electron chi connectivity index (χ1n) is 8.02. The number of benzene rings is 3. The predicted octanol–water partition coefficient (Wildman–Crippen LogP) is 4.48. The minimum atomic E-state index is 0.262. The highest BCUT2D eigenvalue weighted by Crippen LogP contribution is 2.60. The van der Waals surface area contributed by atoms with Gasteiger partial charge in [-0.1, -0.05) is 72.8 Å². The van der Waals surface area contributed by atoms with E-state index in [4.69, 9.17) is 0 Å². The Morgan fingerprint density at radius 3 is 2.41 bits per heavy atom. The molecule has 0 aromatic heterocycles. The maximum absolute atomic E-state index is 3.41. The molecule has 0 aliphatic heterocycles. The van der Waals surface area contributed by atoms with Gasteiger partial charge in [0.1, 0.15) is 0 Å². The van der Waals surface area contributed by atoms with Crippen LogP contribution in [0.25, 0.3) is 10.8 Å². The Hall–Kier alpha value is -2.12. The van der Waals surface area contributed by atoms with Crippen LogP contribution in [-0.2, 0) is 5.41 Å². The first-order chi connectivity index (χ1) is 10.8. The topological polar surface area (TPSA) is 12.0 Å². The van der Waals surface area contributed by atoms with E-state index >= 15 is 0 Å². The van der Waals surface area contributed by atoms with E-state index in [1.54, 1.807) is 0 Å². The average Bonchev–Trinajstić information content (AvgIpc) is 3.31. The van der Waals surface area contributed by atoms with E-state index in [-0.39, 0.29) is 5.41 Å². The molecular weight excluding hydrogens is 266 g/mol. The fourth-order valence-electron chi connectivity index (χ4n) is 3.87. The van der Waals surface area contributed by atoms with Crippen molar-refractivity contribution in [2.45, 2.75) is 17.8 Å². The summed E-state index contributed by atoms with van der Waals surface area (Å²) in [5, 5.41) is 6.08. The highest BCUT2D eigenvalue weighted by molar-refractivity contribution is 5.83. The summed E-state index contributed by atoms with van der Waals surface area (Å²) in [6, 6.07) is 26.5. The summed E-state index contributed by atoms with van der Waals surface area (Å²) in [4.78, 5) is 0. The normalized spacial score (nSPS) is 23.6. The summed E-state index contributed by atoms with van der Waals surface area (Å²) in [5.41, 5.74) is 3.19. The van der Waals surface area contributed by atoms with Gasteiger partial charge >= 0.3 is 0 Å². The van der Waals surface area contributed by atoms with Gasteiger partial charge in [-0.05, 0) is 41.3 Å². The lowest BCUT2D eigenvalue weighted by molar-refractivity contribution is 0.605. The molecule has 1 aliphatic carbocycles. The Morgan fingerprint density at radius 1 is 0.909 bits per heavy atom. The van der Waals surface area contributed by atoms with Crippen molar-refractivity contribution in [3.8, 4) is 0 Å². The van der Waals surface area contributed by atoms with Crippen molar-refractivity contribution in [2.75, 3.05) is 13.6 Å². The number of fused-ring (bicyclic) bond motifs is 1. The molecule has 0 unspecified atom stereocenters. The van der Waals surface area contributed by atoms with E-state index < -0.39 is 0 Å². The second-order valence-corrected chi connectivity index (χ2v) is 6.42. The predicted molar refractivity (Wildman–Crippen MR) is 93.4 cm³/mol. The van der Waals surface area contributed by atoms with Crippen molar-refractivity contribution in [3.63, 3.8) is 0 Å². The van der Waals surface area contributed by atoms with Gasteiger partial charge in [0.2, 0.25) is 0 Å². The smallest absolute Gasteiger partial charge is 0.0153 e. The molecule has 1 heteroatoms. The molecule has 1 N–H and O–H groups in total. The molecular formula is C21H21N. The molecule has 4 rings (SSSR count). The van der Waals surface area contributed by atoms with Crippen LogP contribution in [-0.4, -0.2) is 13.6 Å². The lowest BCUT2D eigenvalue weighted by Crippen LogP contribution is -2.25. The van der Waals surface area contributed by atoms with Crippen LogP contribution < -0.4 is 5.32 Å². The van der Waals surface area contributed by atoms with Crippen molar-refractivity contribution in [1.82, 2.24) is 5.32 Å². The third-order valence-electron chi connectivity index (χ3n) is 5.09. The fourth-order valence-corrected chi connectivity index (χ4v) is 3.87. The van der Waals surface area contributed by atoms with Gasteiger partial charge in [0.05, 0.1) is 0 Å². The first-order valence-corrected chi connectivity index (χ1v) is 8.02. The van der Waals surface area contributed by atoms with Crippen LogP contribution in [0.5, 0.6) is 0 Å². The maximum Gasteiger partial charge on any atom is 0.0153 e. The van der Waals surface area contributed by atoms with Crippen LogP contribution in [0.1, 0.15) is 23.5 Å². The van der Waals surface area contributed by atoms with Gasteiger partial charge < -0.3 is 5.32 Å². The number of nitrogens with one attached hydrogen (secondary N) is 1. The van der Waals surface area contributed by atoms with E-state index in [2.05, 4.69) is 85.2 Å². The molecule has 1 fully saturated rings. The molecule has 1 nitrogen and oxygen atoms in total. The SMILES string of the molecule is CNC[C@]1(c2ccccc2)C[C@@H]1c1ccc2ccccc2c1. The Bertz CT molecular complexity index is 793. The standard InChI is InChI=1S/C21H21N/c1-22-15-21(19-9-3-2-4-10-19)14-20(21)18-12-11-16-7-5-6-8-17(16)13-18/h2-13,20,22H,14-15H2,1H3/t20-,21+/m1/s1. The van der Waals surface area contributed by atoms with E-state index in [0.717, 1.165) is 6.54 Å². The van der Waals surface area contributed by atoms with Crippen LogP contribution >= 0.6 is 0 Å². The molecule has 1 aliphatic rings. The number of hydrogen-bond acceptors (Lipinski definition) is 1. The van der Waals surface area contributed by atoms with Gasteiger partial charge in [0, 0.05) is 12.0 Å². The number of rotatable bonds is 4. The Morgan fingerprint density at radius 2 is 1.64 bits per heavy atom. The van der Waals surface area contributed by atoms with E-state index in [1.165, 1.54) is 28.3 Å². The number of hydrogen-bond donors (Lipinski definition) is 1. The van der Waals surface area contributed by atoms with Gasteiger partial charge in [0.15, 0.2) is 0 Å². The van der Waals surface area contributed by atoms with Crippen LogP contribution in [0, 0.1) is 0 Å². The molecule has 0 spiro atoms. The zero-order chi connectivity index (χ0) is 15.0. The molecule has 0 bridgehead atoms. The quantitative estimate of drug-likeness (QED) is 0.746. The van der Waals surface area contributed by atoms with E-state index in [0.29, 0.717) is 5.92 Å². The maximum atomic E-state index is 3.41. The largest absolute Gasteiger partial charge is 0.319 e. The second-order valence-electron chi connectivity index (χ2n) is 6.42. The van der Waals surface area contributed by atoms with Crippen molar-refractivity contribution in [2.24, 2.45) is 0 Å². The molecule has 0 radical (unpaired) electrons.